The van der Waals surface area contributed by atoms with Crippen molar-refractivity contribution in [2.75, 3.05) is 11.4 Å². The van der Waals surface area contributed by atoms with Crippen LogP contribution in [-0.2, 0) is 14.8 Å². The van der Waals surface area contributed by atoms with E-state index in [-0.39, 0.29) is 16.5 Å². The van der Waals surface area contributed by atoms with E-state index in [2.05, 4.69) is 0 Å². The Morgan fingerprint density at radius 1 is 1.04 bits per heavy atom. The third-order valence-electron chi connectivity index (χ3n) is 4.01. The van der Waals surface area contributed by atoms with Gasteiger partial charge >= 0.3 is 0 Å². The summed E-state index contributed by atoms with van der Waals surface area (Å²) in [5.74, 6) is -1.12. The molecule has 0 radical (unpaired) electrons. The number of rotatable bonds is 4. The minimum absolute atomic E-state index is 0.0522. The molecule has 1 aliphatic rings. The van der Waals surface area contributed by atoms with Crippen molar-refractivity contribution in [2.24, 2.45) is 0 Å². The third-order valence-corrected chi connectivity index (χ3v) is 5.80. The summed E-state index contributed by atoms with van der Waals surface area (Å²) in [6.45, 7) is 3.14. The first kappa shape index (κ1) is 17.2. The van der Waals surface area contributed by atoms with Crippen molar-refractivity contribution in [3.63, 3.8) is 0 Å². The van der Waals surface area contributed by atoms with Gasteiger partial charge in [0.1, 0.15) is 11.4 Å². The minimum Gasteiger partial charge on any atom is -0.308 e. The maximum atomic E-state index is 12.8. The predicted molar refractivity (Wildman–Crippen MR) is 93.7 cm³/mol. The molecule has 0 saturated heterocycles. The van der Waals surface area contributed by atoms with E-state index in [1.54, 1.807) is 36.4 Å². The van der Waals surface area contributed by atoms with Crippen molar-refractivity contribution >= 4 is 27.5 Å². The van der Waals surface area contributed by atoms with Crippen molar-refractivity contribution in [1.82, 2.24) is 4.31 Å². The molecule has 0 saturated carbocycles. The van der Waals surface area contributed by atoms with Gasteiger partial charge in [-0.05, 0) is 38.1 Å². The van der Waals surface area contributed by atoms with Gasteiger partial charge in [0.2, 0.25) is 5.91 Å². The molecule has 130 valence electrons. The fourth-order valence-corrected chi connectivity index (χ4v) is 4.42. The number of hydrogen-bond donors (Lipinski definition) is 0. The van der Waals surface area contributed by atoms with Crippen LogP contribution < -0.4 is 4.90 Å². The van der Waals surface area contributed by atoms with Gasteiger partial charge in [-0.3, -0.25) is 9.59 Å². The van der Waals surface area contributed by atoms with Crippen LogP contribution in [0.4, 0.5) is 5.69 Å². The molecule has 3 rings (SSSR count). The summed E-state index contributed by atoms with van der Waals surface area (Å²) in [6.07, 6.45) is 0. The summed E-state index contributed by atoms with van der Waals surface area (Å²) < 4.78 is 25.8. The second-order valence-corrected chi connectivity index (χ2v) is 7.84. The standard InChI is InChI=1S/C18H18N2O4S/c1-13(2)20(14-8-4-3-5-9-14)17(21)12-19-18(22)15-10-6-7-11-16(15)25(19,23)24/h3-11,13H,12H2,1-2H3. The Morgan fingerprint density at radius 3 is 2.24 bits per heavy atom. The number of anilines is 1. The Kier molecular flexibility index (Phi) is 4.34. The average molecular weight is 358 g/mol. The highest BCUT2D eigenvalue weighted by Crippen LogP contribution is 2.30. The smallest absolute Gasteiger partial charge is 0.269 e. The maximum Gasteiger partial charge on any atom is 0.269 e. The van der Waals surface area contributed by atoms with Gasteiger partial charge in [-0.25, -0.2) is 12.7 Å². The highest BCUT2D eigenvalue weighted by molar-refractivity contribution is 7.90. The lowest BCUT2D eigenvalue weighted by Gasteiger charge is -2.28. The van der Waals surface area contributed by atoms with E-state index >= 15 is 0 Å². The largest absolute Gasteiger partial charge is 0.308 e. The van der Waals surface area contributed by atoms with Crippen LogP contribution >= 0.6 is 0 Å². The number of carbonyl (C=O) groups is 2. The summed E-state index contributed by atoms with van der Waals surface area (Å²) in [5, 5.41) is 0. The van der Waals surface area contributed by atoms with Crippen molar-refractivity contribution in [2.45, 2.75) is 24.8 Å². The van der Waals surface area contributed by atoms with Gasteiger partial charge < -0.3 is 4.90 Å². The zero-order valence-corrected chi connectivity index (χ0v) is 14.7. The molecule has 0 unspecified atom stereocenters. The van der Waals surface area contributed by atoms with Crippen molar-refractivity contribution < 1.29 is 18.0 Å². The summed E-state index contributed by atoms with van der Waals surface area (Å²) in [4.78, 5) is 26.7. The fraction of sp³-hybridized carbons (Fsp3) is 0.222. The van der Waals surface area contributed by atoms with Gasteiger partial charge in [0.15, 0.2) is 0 Å². The lowest BCUT2D eigenvalue weighted by atomic mass is 10.2. The predicted octanol–water partition coefficient (Wildman–Crippen LogP) is 2.27. The second-order valence-electron chi connectivity index (χ2n) is 6.01. The van der Waals surface area contributed by atoms with E-state index in [0.29, 0.717) is 9.99 Å². The molecular formula is C18H18N2O4S. The lowest BCUT2D eigenvalue weighted by molar-refractivity contribution is -0.118. The lowest BCUT2D eigenvalue weighted by Crippen LogP contribution is -2.45. The van der Waals surface area contributed by atoms with E-state index in [4.69, 9.17) is 0 Å². The average Bonchev–Trinajstić information content (AvgIpc) is 2.77. The molecule has 7 heteroatoms. The number of sulfonamides is 1. The zero-order valence-electron chi connectivity index (χ0n) is 13.9. The Balaban J connectivity index is 1.92. The molecule has 0 aliphatic carbocycles. The third kappa shape index (κ3) is 2.91. The van der Waals surface area contributed by atoms with E-state index in [0.717, 1.165) is 0 Å². The molecule has 2 amide bonds. The van der Waals surface area contributed by atoms with Crippen LogP contribution in [-0.4, -0.2) is 37.1 Å². The van der Waals surface area contributed by atoms with E-state index in [1.165, 1.54) is 17.0 Å². The molecule has 0 N–H and O–H groups in total. The quantitative estimate of drug-likeness (QED) is 0.840. The van der Waals surface area contributed by atoms with Crippen molar-refractivity contribution in [1.29, 1.82) is 0 Å². The molecular weight excluding hydrogens is 340 g/mol. The Morgan fingerprint density at radius 2 is 1.64 bits per heavy atom. The highest BCUT2D eigenvalue weighted by Gasteiger charge is 2.42. The molecule has 2 aromatic carbocycles. The zero-order chi connectivity index (χ0) is 18.2. The SMILES string of the molecule is CC(C)N(C(=O)CN1C(=O)c2ccccc2S1(=O)=O)c1ccccc1. The highest BCUT2D eigenvalue weighted by atomic mass is 32.2. The van der Waals surface area contributed by atoms with Crippen LogP contribution in [0, 0.1) is 0 Å². The summed E-state index contributed by atoms with van der Waals surface area (Å²) in [7, 11) is -4.00. The first-order chi connectivity index (χ1) is 11.8. The summed E-state index contributed by atoms with van der Waals surface area (Å²) in [6, 6.07) is 14.8. The monoisotopic (exact) mass is 358 g/mol. The second kappa shape index (κ2) is 6.33. The number of benzene rings is 2. The van der Waals surface area contributed by atoms with E-state index in [9.17, 15) is 18.0 Å². The molecule has 1 heterocycles. The normalized spacial score (nSPS) is 15.3. The molecule has 1 aliphatic heterocycles. The first-order valence-corrected chi connectivity index (χ1v) is 9.31. The van der Waals surface area contributed by atoms with Crippen molar-refractivity contribution in [3.05, 3.63) is 60.2 Å². The van der Waals surface area contributed by atoms with Crippen molar-refractivity contribution in [3.8, 4) is 0 Å². The van der Waals surface area contributed by atoms with Gasteiger partial charge in [-0.15, -0.1) is 0 Å². The fourth-order valence-electron chi connectivity index (χ4n) is 2.91. The topological polar surface area (TPSA) is 74.8 Å². The van der Waals surface area contributed by atoms with Gasteiger partial charge in [-0.2, -0.15) is 0 Å². The van der Waals surface area contributed by atoms with Gasteiger partial charge in [-0.1, -0.05) is 30.3 Å². The number of fused-ring (bicyclic) bond motifs is 1. The van der Waals surface area contributed by atoms with E-state index in [1.807, 2.05) is 19.9 Å². The van der Waals surface area contributed by atoms with Crippen LogP contribution in [0.5, 0.6) is 0 Å². The summed E-state index contributed by atoms with van der Waals surface area (Å²) in [5.41, 5.74) is 0.759. The Bertz CT molecular complexity index is 923. The number of amides is 2. The van der Waals surface area contributed by atoms with Crippen LogP contribution in [0.25, 0.3) is 0 Å². The van der Waals surface area contributed by atoms with E-state index < -0.39 is 28.4 Å². The number of hydrogen-bond acceptors (Lipinski definition) is 4. The molecule has 0 bridgehead atoms. The molecule has 6 nitrogen and oxygen atoms in total. The Hall–Kier alpha value is -2.67. The van der Waals surface area contributed by atoms with Gasteiger partial charge in [0, 0.05) is 11.7 Å². The van der Waals surface area contributed by atoms with Gasteiger partial charge in [0.05, 0.1) is 5.56 Å². The van der Waals surface area contributed by atoms with Crippen LogP contribution in [0.3, 0.4) is 0 Å². The molecule has 2 aromatic rings. The number of nitrogens with zero attached hydrogens (tertiary/aromatic N) is 2. The number of para-hydroxylation sites is 1. The molecule has 0 aromatic heterocycles. The Labute approximate surface area is 146 Å². The molecule has 0 fully saturated rings. The maximum absolute atomic E-state index is 12.8. The molecule has 25 heavy (non-hydrogen) atoms. The molecule has 0 atom stereocenters. The summed E-state index contributed by atoms with van der Waals surface area (Å²) >= 11 is 0. The first-order valence-electron chi connectivity index (χ1n) is 7.87. The van der Waals surface area contributed by atoms with Crippen LogP contribution in [0.1, 0.15) is 24.2 Å². The molecule has 0 spiro atoms. The van der Waals surface area contributed by atoms with Crippen LogP contribution in [0.15, 0.2) is 59.5 Å². The number of carbonyl (C=O) groups excluding carboxylic acids is 2. The van der Waals surface area contributed by atoms with Crippen LogP contribution in [0.2, 0.25) is 0 Å². The van der Waals surface area contributed by atoms with Gasteiger partial charge in [0.25, 0.3) is 15.9 Å². The minimum atomic E-state index is -4.00.